The molecule has 1 aromatic carbocycles. The molecule has 0 saturated carbocycles. The van der Waals surface area contributed by atoms with Gasteiger partial charge in [0.25, 0.3) is 0 Å². The molecule has 1 unspecified atom stereocenters. The Morgan fingerprint density at radius 1 is 1.17 bits per heavy atom. The van der Waals surface area contributed by atoms with Crippen LogP contribution in [-0.4, -0.2) is 22.3 Å². The van der Waals surface area contributed by atoms with Gasteiger partial charge < -0.3 is 14.6 Å². The van der Waals surface area contributed by atoms with Gasteiger partial charge in [0.05, 0.1) is 12.5 Å². The lowest BCUT2D eigenvalue weighted by atomic mass is 10.0. The van der Waals surface area contributed by atoms with Crippen molar-refractivity contribution < 1.29 is 19.4 Å². The molecule has 1 atom stereocenters. The van der Waals surface area contributed by atoms with Crippen LogP contribution in [0.25, 0.3) is 11.1 Å². The van der Waals surface area contributed by atoms with E-state index in [9.17, 15) is 9.90 Å². The fourth-order valence-corrected chi connectivity index (χ4v) is 1.72. The molecule has 1 aromatic heterocycles. The fraction of sp³-hybridized carbons (Fsp3) is 0.214. The smallest absolute Gasteiger partial charge is 0.332 e. The average molecular weight is 246 g/mol. The third-order valence-electron chi connectivity index (χ3n) is 2.80. The van der Waals surface area contributed by atoms with E-state index in [1.54, 1.807) is 12.5 Å². The number of hydrogen-bond donors (Lipinski definition) is 2. The third kappa shape index (κ3) is 2.99. The van der Waals surface area contributed by atoms with Crippen LogP contribution in [0.5, 0.6) is 0 Å². The highest BCUT2D eigenvalue weighted by molar-refractivity contribution is 5.71. The number of carboxylic acid groups (broad SMARTS) is 1. The summed E-state index contributed by atoms with van der Waals surface area (Å²) in [7, 11) is 0. The van der Waals surface area contributed by atoms with Gasteiger partial charge in [-0.05, 0) is 30.0 Å². The lowest BCUT2D eigenvalue weighted by Crippen LogP contribution is -2.19. The summed E-state index contributed by atoms with van der Waals surface area (Å²) in [6, 6.07) is 9.64. The van der Waals surface area contributed by atoms with Crippen molar-refractivity contribution in [1.29, 1.82) is 0 Å². The lowest BCUT2D eigenvalue weighted by molar-refractivity contribution is -0.146. The number of carbonyl (C=O) groups is 1. The van der Waals surface area contributed by atoms with Gasteiger partial charge >= 0.3 is 5.97 Å². The summed E-state index contributed by atoms with van der Waals surface area (Å²) in [6.07, 6.45) is 2.76. The van der Waals surface area contributed by atoms with Gasteiger partial charge in [-0.25, -0.2) is 4.79 Å². The molecule has 2 N–H and O–H groups in total. The summed E-state index contributed by atoms with van der Waals surface area (Å²) in [6.45, 7) is 0. The first-order chi connectivity index (χ1) is 8.66. The highest BCUT2D eigenvalue weighted by atomic mass is 16.4. The Labute approximate surface area is 104 Å². The topological polar surface area (TPSA) is 70.7 Å². The highest BCUT2D eigenvalue weighted by Crippen LogP contribution is 2.20. The first-order valence-electron chi connectivity index (χ1n) is 5.69. The Morgan fingerprint density at radius 2 is 1.89 bits per heavy atom. The van der Waals surface area contributed by atoms with E-state index >= 15 is 0 Å². The van der Waals surface area contributed by atoms with Gasteiger partial charge in [-0.3, -0.25) is 0 Å². The molecular weight excluding hydrogens is 232 g/mol. The van der Waals surface area contributed by atoms with Gasteiger partial charge in [-0.1, -0.05) is 24.3 Å². The summed E-state index contributed by atoms with van der Waals surface area (Å²) in [5.74, 6) is -1.18. The maximum Gasteiger partial charge on any atom is 0.332 e. The SMILES string of the molecule is O=C(O)C(O)CCc1ccc(-c2ccoc2)cc1. The van der Waals surface area contributed by atoms with Crippen LogP contribution in [0.4, 0.5) is 0 Å². The van der Waals surface area contributed by atoms with Crippen molar-refractivity contribution in [2.45, 2.75) is 18.9 Å². The minimum atomic E-state index is -1.29. The molecule has 0 aliphatic rings. The largest absolute Gasteiger partial charge is 0.479 e. The van der Waals surface area contributed by atoms with Crippen molar-refractivity contribution in [2.75, 3.05) is 0 Å². The van der Waals surface area contributed by atoms with Gasteiger partial charge in [0.15, 0.2) is 6.10 Å². The minimum Gasteiger partial charge on any atom is -0.479 e. The van der Waals surface area contributed by atoms with E-state index in [0.717, 1.165) is 16.7 Å². The molecule has 0 amide bonds. The van der Waals surface area contributed by atoms with Crippen molar-refractivity contribution >= 4 is 5.97 Å². The average Bonchev–Trinajstić information content (AvgIpc) is 2.90. The number of aryl methyl sites for hydroxylation is 1. The zero-order valence-corrected chi connectivity index (χ0v) is 9.74. The molecule has 4 nitrogen and oxygen atoms in total. The van der Waals surface area contributed by atoms with E-state index in [1.165, 1.54) is 0 Å². The lowest BCUT2D eigenvalue weighted by Gasteiger charge is -2.06. The predicted molar refractivity (Wildman–Crippen MR) is 66.1 cm³/mol. The highest BCUT2D eigenvalue weighted by Gasteiger charge is 2.12. The normalized spacial score (nSPS) is 12.3. The number of aliphatic carboxylic acids is 1. The summed E-state index contributed by atoms with van der Waals surface area (Å²) in [5, 5.41) is 17.7. The van der Waals surface area contributed by atoms with Crippen LogP contribution < -0.4 is 0 Å². The van der Waals surface area contributed by atoms with Crippen LogP contribution in [0.2, 0.25) is 0 Å². The second kappa shape index (κ2) is 5.51. The van der Waals surface area contributed by atoms with Gasteiger partial charge in [-0.15, -0.1) is 0 Å². The number of benzene rings is 1. The van der Waals surface area contributed by atoms with Gasteiger partial charge in [0, 0.05) is 5.56 Å². The number of furan rings is 1. The number of hydrogen-bond acceptors (Lipinski definition) is 3. The van der Waals surface area contributed by atoms with E-state index < -0.39 is 12.1 Å². The molecule has 0 spiro atoms. The minimum absolute atomic E-state index is 0.223. The zero-order valence-electron chi connectivity index (χ0n) is 9.74. The van der Waals surface area contributed by atoms with Crippen LogP contribution in [0.1, 0.15) is 12.0 Å². The Kier molecular flexibility index (Phi) is 3.79. The van der Waals surface area contributed by atoms with E-state index in [4.69, 9.17) is 9.52 Å². The maximum atomic E-state index is 10.5. The molecule has 94 valence electrons. The van der Waals surface area contributed by atoms with Crippen LogP contribution >= 0.6 is 0 Å². The van der Waals surface area contributed by atoms with Crippen molar-refractivity contribution in [3.8, 4) is 11.1 Å². The van der Waals surface area contributed by atoms with Crippen LogP contribution in [0, 0.1) is 0 Å². The third-order valence-corrected chi connectivity index (χ3v) is 2.80. The monoisotopic (exact) mass is 246 g/mol. The second-order valence-electron chi connectivity index (χ2n) is 4.10. The van der Waals surface area contributed by atoms with Crippen LogP contribution in [0.15, 0.2) is 47.3 Å². The first-order valence-corrected chi connectivity index (χ1v) is 5.69. The molecule has 2 aromatic rings. The summed E-state index contributed by atoms with van der Waals surface area (Å²) in [5.41, 5.74) is 3.06. The molecule has 0 radical (unpaired) electrons. The predicted octanol–water partition coefficient (Wildman–Crippen LogP) is 2.32. The number of carboxylic acids is 1. The van der Waals surface area contributed by atoms with E-state index in [-0.39, 0.29) is 6.42 Å². The molecule has 1 heterocycles. The summed E-state index contributed by atoms with van der Waals surface area (Å²) >= 11 is 0. The van der Waals surface area contributed by atoms with Gasteiger partial charge in [0.2, 0.25) is 0 Å². The molecular formula is C14H14O4. The maximum absolute atomic E-state index is 10.5. The number of rotatable bonds is 5. The zero-order chi connectivity index (χ0) is 13.0. The molecule has 0 bridgehead atoms. The van der Waals surface area contributed by atoms with Crippen molar-refractivity contribution in [1.82, 2.24) is 0 Å². The Balaban J connectivity index is 1.98. The molecule has 0 aliphatic heterocycles. The summed E-state index contributed by atoms with van der Waals surface area (Å²) < 4.78 is 5.01. The summed E-state index contributed by atoms with van der Waals surface area (Å²) in [4.78, 5) is 10.5. The molecule has 2 rings (SSSR count). The second-order valence-corrected chi connectivity index (χ2v) is 4.10. The van der Waals surface area contributed by atoms with Crippen LogP contribution in [-0.2, 0) is 11.2 Å². The quantitative estimate of drug-likeness (QED) is 0.849. The Hall–Kier alpha value is -2.07. The van der Waals surface area contributed by atoms with Gasteiger partial charge in [-0.2, -0.15) is 0 Å². The Bertz CT molecular complexity index is 499. The number of aliphatic hydroxyl groups excluding tert-OH is 1. The molecule has 0 aliphatic carbocycles. The van der Waals surface area contributed by atoms with Crippen molar-refractivity contribution in [2.24, 2.45) is 0 Å². The van der Waals surface area contributed by atoms with Crippen molar-refractivity contribution in [3.05, 3.63) is 48.4 Å². The Morgan fingerprint density at radius 3 is 2.44 bits per heavy atom. The van der Waals surface area contributed by atoms with E-state index in [1.807, 2.05) is 30.3 Å². The molecule has 0 fully saturated rings. The fourth-order valence-electron chi connectivity index (χ4n) is 1.72. The van der Waals surface area contributed by atoms with Gasteiger partial charge in [0.1, 0.15) is 0 Å². The molecule has 4 heteroatoms. The van der Waals surface area contributed by atoms with Crippen LogP contribution in [0.3, 0.4) is 0 Å². The van der Waals surface area contributed by atoms with E-state index in [0.29, 0.717) is 6.42 Å². The molecule has 0 saturated heterocycles. The standard InChI is InChI=1S/C14H14O4/c15-13(14(16)17)6-3-10-1-4-11(5-2-10)12-7-8-18-9-12/h1-2,4-5,7-9,13,15H,3,6H2,(H,16,17). The first kappa shape index (κ1) is 12.4. The van der Waals surface area contributed by atoms with E-state index in [2.05, 4.69) is 0 Å². The number of aliphatic hydroxyl groups is 1. The molecule has 18 heavy (non-hydrogen) atoms. The van der Waals surface area contributed by atoms with Crippen molar-refractivity contribution in [3.63, 3.8) is 0 Å².